The van der Waals surface area contributed by atoms with E-state index in [9.17, 15) is 0 Å². The maximum Gasteiger partial charge on any atom is 0.0596 e. The monoisotopic (exact) mass is 255 g/mol. The minimum absolute atomic E-state index is 1.03. The van der Waals surface area contributed by atoms with E-state index < -0.39 is 0 Å². The SMILES string of the molecule is CSCCCCNCCCn1nc(C)cc1C. The van der Waals surface area contributed by atoms with E-state index in [2.05, 4.69) is 34.3 Å². The maximum atomic E-state index is 4.45. The van der Waals surface area contributed by atoms with Crippen molar-refractivity contribution in [3.05, 3.63) is 17.5 Å². The highest BCUT2D eigenvalue weighted by atomic mass is 32.2. The quantitative estimate of drug-likeness (QED) is 0.688. The molecule has 0 aliphatic rings. The van der Waals surface area contributed by atoms with Crippen LogP contribution in [-0.2, 0) is 6.54 Å². The molecule has 0 spiro atoms. The smallest absolute Gasteiger partial charge is 0.0596 e. The summed E-state index contributed by atoms with van der Waals surface area (Å²) in [6, 6.07) is 2.13. The number of aromatic nitrogens is 2. The molecule has 0 fully saturated rings. The van der Waals surface area contributed by atoms with Crippen LogP contribution >= 0.6 is 11.8 Å². The third-order valence-corrected chi connectivity index (χ3v) is 3.48. The van der Waals surface area contributed by atoms with E-state index in [4.69, 9.17) is 0 Å². The largest absolute Gasteiger partial charge is 0.317 e. The summed E-state index contributed by atoms with van der Waals surface area (Å²) in [6.45, 7) is 7.44. The van der Waals surface area contributed by atoms with Crippen molar-refractivity contribution < 1.29 is 0 Å². The predicted octanol–water partition coefficient (Wildman–Crippen LogP) is 2.62. The molecule has 1 aromatic heterocycles. The highest BCUT2D eigenvalue weighted by Gasteiger charge is 1.99. The number of hydrogen-bond acceptors (Lipinski definition) is 3. The molecule has 1 rings (SSSR count). The molecule has 0 atom stereocenters. The van der Waals surface area contributed by atoms with Gasteiger partial charge >= 0.3 is 0 Å². The maximum absolute atomic E-state index is 4.45. The molecule has 1 heterocycles. The Kier molecular flexibility index (Phi) is 7.37. The molecule has 3 nitrogen and oxygen atoms in total. The van der Waals surface area contributed by atoms with E-state index in [0.29, 0.717) is 0 Å². The standard InChI is InChI=1S/C13H25N3S/c1-12-11-13(2)16(15-12)9-6-8-14-7-4-5-10-17-3/h11,14H,4-10H2,1-3H3. The summed E-state index contributed by atoms with van der Waals surface area (Å²) in [4.78, 5) is 0. The number of thioether (sulfide) groups is 1. The second-order valence-corrected chi connectivity index (χ2v) is 5.44. The van der Waals surface area contributed by atoms with Gasteiger partial charge in [-0.25, -0.2) is 0 Å². The summed E-state index contributed by atoms with van der Waals surface area (Å²) in [7, 11) is 0. The number of aryl methyl sites for hydroxylation is 3. The molecule has 4 heteroatoms. The van der Waals surface area contributed by atoms with Gasteiger partial charge in [0.05, 0.1) is 5.69 Å². The van der Waals surface area contributed by atoms with Crippen LogP contribution in [0.1, 0.15) is 30.7 Å². The molecule has 1 N–H and O–H groups in total. The van der Waals surface area contributed by atoms with Gasteiger partial charge in [0.25, 0.3) is 0 Å². The molecule has 0 saturated carbocycles. The van der Waals surface area contributed by atoms with Gasteiger partial charge in [-0.1, -0.05) is 0 Å². The number of hydrogen-bond donors (Lipinski definition) is 1. The van der Waals surface area contributed by atoms with Crippen LogP contribution in [0.3, 0.4) is 0 Å². The lowest BCUT2D eigenvalue weighted by Crippen LogP contribution is -2.18. The Morgan fingerprint density at radius 3 is 2.65 bits per heavy atom. The van der Waals surface area contributed by atoms with Gasteiger partial charge in [-0.15, -0.1) is 0 Å². The summed E-state index contributed by atoms with van der Waals surface area (Å²) < 4.78 is 2.10. The van der Waals surface area contributed by atoms with Crippen molar-refractivity contribution in [2.45, 2.75) is 39.7 Å². The van der Waals surface area contributed by atoms with E-state index in [1.807, 2.05) is 18.7 Å². The number of nitrogens with zero attached hydrogens (tertiary/aromatic N) is 2. The second-order valence-electron chi connectivity index (χ2n) is 4.45. The molecule has 0 aliphatic carbocycles. The van der Waals surface area contributed by atoms with E-state index >= 15 is 0 Å². The Hall–Kier alpha value is -0.480. The highest BCUT2D eigenvalue weighted by molar-refractivity contribution is 7.98. The minimum Gasteiger partial charge on any atom is -0.317 e. The topological polar surface area (TPSA) is 29.9 Å². The molecule has 0 bridgehead atoms. The summed E-state index contributed by atoms with van der Waals surface area (Å²) in [5.41, 5.74) is 2.38. The first kappa shape index (κ1) is 14.6. The Morgan fingerprint density at radius 2 is 2.00 bits per heavy atom. The summed E-state index contributed by atoms with van der Waals surface area (Å²) in [6.07, 6.45) is 5.94. The van der Waals surface area contributed by atoms with Crippen LogP contribution in [0.4, 0.5) is 0 Å². The molecule has 0 saturated heterocycles. The summed E-state index contributed by atoms with van der Waals surface area (Å²) in [5, 5.41) is 7.95. The van der Waals surface area contributed by atoms with Gasteiger partial charge in [0.15, 0.2) is 0 Å². The third kappa shape index (κ3) is 6.13. The van der Waals surface area contributed by atoms with E-state index in [1.165, 1.54) is 24.3 Å². The first-order chi connectivity index (χ1) is 8.24. The first-order valence-electron chi connectivity index (χ1n) is 6.44. The van der Waals surface area contributed by atoms with Crippen LogP contribution in [-0.4, -0.2) is 34.9 Å². The molecule has 0 aromatic carbocycles. The minimum atomic E-state index is 1.03. The first-order valence-corrected chi connectivity index (χ1v) is 7.84. The van der Waals surface area contributed by atoms with Crippen molar-refractivity contribution in [3.63, 3.8) is 0 Å². The van der Waals surface area contributed by atoms with Gasteiger partial charge in [0.1, 0.15) is 0 Å². The van der Waals surface area contributed by atoms with Gasteiger partial charge in [-0.2, -0.15) is 16.9 Å². The van der Waals surface area contributed by atoms with Gasteiger partial charge in [0, 0.05) is 12.2 Å². The Morgan fingerprint density at radius 1 is 1.24 bits per heavy atom. The molecule has 0 unspecified atom stereocenters. The van der Waals surface area contributed by atoms with Crippen LogP contribution in [0, 0.1) is 13.8 Å². The van der Waals surface area contributed by atoms with Crippen LogP contribution in [0.15, 0.2) is 6.07 Å². The molecule has 17 heavy (non-hydrogen) atoms. The van der Waals surface area contributed by atoms with Crippen LogP contribution in [0.25, 0.3) is 0 Å². The zero-order chi connectivity index (χ0) is 12.5. The van der Waals surface area contributed by atoms with Crippen LogP contribution in [0.2, 0.25) is 0 Å². The summed E-state index contributed by atoms with van der Waals surface area (Å²) in [5.74, 6) is 1.29. The van der Waals surface area contributed by atoms with Gasteiger partial charge in [-0.05, 0) is 64.3 Å². The fraction of sp³-hybridized carbons (Fsp3) is 0.769. The molecule has 0 radical (unpaired) electrons. The van der Waals surface area contributed by atoms with Gasteiger partial charge in [-0.3, -0.25) is 4.68 Å². The highest BCUT2D eigenvalue weighted by Crippen LogP contribution is 2.02. The zero-order valence-corrected chi connectivity index (χ0v) is 12.1. The Balaban J connectivity index is 1.99. The van der Waals surface area contributed by atoms with Crippen molar-refractivity contribution in [2.24, 2.45) is 0 Å². The predicted molar refractivity (Wildman–Crippen MR) is 76.8 cm³/mol. The number of rotatable bonds is 9. The fourth-order valence-electron chi connectivity index (χ4n) is 1.88. The molecular formula is C13H25N3S. The van der Waals surface area contributed by atoms with Gasteiger partial charge < -0.3 is 5.32 Å². The van der Waals surface area contributed by atoms with Crippen molar-refractivity contribution in [3.8, 4) is 0 Å². The van der Waals surface area contributed by atoms with Gasteiger partial charge in [0.2, 0.25) is 0 Å². The Bertz CT molecular complexity index is 310. The second kappa shape index (κ2) is 8.59. The molecule has 0 amide bonds. The van der Waals surface area contributed by atoms with Crippen LogP contribution < -0.4 is 5.32 Å². The average molecular weight is 255 g/mol. The lowest BCUT2D eigenvalue weighted by Gasteiger charge is -2.06. The normalized spacial score (nSPS) is 11.0. The Labute approximate surface area is 109 Å². The fourth-order valence-corrected chi connectivity index (χ4v) is 2.37. The molecule has 1 aromatic rings. The average Bonchev–Trinajstić information content (AvgIpc) is 2.61. The lowest BCUT2D eigenvalue weighted by molar-refractivity contribution is 0.527. The number of nitrogens with one attached hydrogen (secondary N) is 1. The van der Waals surface area contributed by atoms with E-state index in [-0.39, 0.29) is 0 Å². The van der Waals surface area contributed by atoms with E-state index in [0.717, 1.165) is 31.7 Å². The van der Waals surface area contributed by atoms with E-state index in [1.54, 1.807) is 0 Å². The lowest BCUT2D eigenvalue weighted by atomic mass is 10.3. The number of unbranched alkanes of at least 4 members (excludes halogenated alkanes) is 1. The van der Waals surface area contributed by atoms with Crippen LogP contribution in [0.5, 0.6) is 0 Å². The molecule has 98 valence electrons. The zero-order valence-electron chi connectivity index (χ0n) is 11.3. The van der Waals surface area contributed by atoms with Crippen molar-refractivity contribution in [1.29, 1.82) is 0 Å². The molecule has 0 aliphatic heterocycles. The van der Waals surface area contributed by atoms with Crippen molar-refractivity contribution in [1.82, 2.24) is 15.1 Å². The van der Waals surface area contributed by atoms with Crippen molar-refractivity contribution >= 4 is 11.8 Å². The third-order valence-electron chi connectivity index (χ3n) is 2.78. The molecular weight excluding hydrogens is 230 g/mol. The summed E-state index contributed by atoms with van der Waals surface area (Å²) >= 11 is 1.93. The van der Waals surface area contributed by atoms with Crippen molar-refractivity contribution in [2.75, 3.05) is 25.1 Å².